The Hall–Kier alpha value is -4.06. The van der Waals surface area contributed by atoms with Gasteiger partial charge in [-0.3, -0.25) is 4.79 Å². The molecule has 2 N–H and O–H groups in total. The van der Waals surface area contributed by atoms with Gasteiger partial charge in [0, 0.05) is 48.3 Å². The van der Waals surface area contributed by atoms with E-state index < -0.39 is 10.0 Å². The number of aryl methyl sites for hydroxylation is 1. The highest BCUT2D eigenvalue weighted by atomic mass is 32.2. The minimum absolute atomic E-state index is 0.0492. The van der Waals surface area contributed by atoms with Crippen LogP contribution in [0.25, 0.3) is 22.0 Å². The van der Waals surface area contributed by atoms with Gasteiger partial charge >= 0.3 is 0 Å². The molecule has 6 rings (SSSR count). The Balaban J connectivity index is 1.31. The number of benzene rings is 3. The van der Waals surface area contributed by atoms with E-state index in [1.54, 1.807) is 38.3 Å². The van der Waals surface area contributed by atoms with Crippen molar-refractivity contribution in [2.45, 2.75) is 50.0 Å². The first kappa shape index (κ1) is 30.0. The van der Waals surface area contributed by atoms with E-state index in [1.807, 2.05) is 41.3 Å². The van der Waals surface area contributed by atoms with E-state index in [2.05, 4.69) is 20.2 Å². The number of carbonyl (C=O) groups is 1. The van der Waals surface area contributed by atoms with E-state index in [-0.39, 0.29) is 23.5 Å². The third-order valence-electron chi connectivity index (χ3n) is 8.30. The predicted molar refractivity (Wildman–Crippen MR) is 170 cm³/mol. The maximum Gasteiger partial charge on any atom is 0.257 e. The molecule has 4 aromatic rings. The molecule has 1 atom stereocenters. The summed E-state index contributed by atoms with van der Waals surface area (Å²) in [5.41, 5.74) is 3.02. The van der Waals surface area contributed by atoms with Crippen molar-refractivity contribution in [2.75, 3.05) is 38.7 Å². The zero-order chi connectivity index (χ0) is 30.7. The summed E-state index contributed by atoms with van der Waals surface area (Å²) in [4.78, 5) is 15.4. The largest absolute Gasteiger partial charge is 0.496 e. The number of piperidine rings is 1. The minimum Gasteiger partial charge on any atom is -0.496 e. The van der Waals surface area contributed by atoms with Gasteiger partial charge in [-0.25, -0.2) is 13.1 Å². The fourth-order valence-electron chi connectivity index (χ4n) is 5.89. The number of ether oxygens (including phenoxy) is 2. The van der Waals surface area contributed by atoms with Crippen molar-refractivity contribution in [1.82, 2.24) is 19.8 Å². The van der Waals surface area contributed by atoms with Gasteiger partial charge in [0.1, 0.15) is 11.4 Å². The van der Waals surface area contributed by atoms with Gasteiger partial charge in [-0.1, -0.05) is 36.4 Å². The number of anilines is 2. The lowest BCUT2D eigenvalue weighted by molar-refractivity contribution is 0.0721. The van der Waals surface area contributed by atoms with Gasteiger partial charge < -0.3 is 19.7 Å². The maximum atomic E-state index is 13.4. The van der Waals surface area contributed by atoms with Crippen LogP contribution in [-0.4, -0.2) is 68.9 Å². The zero-order valence-electron chi connectivity index (χ0n) is 25.0. The SMILES string of the molecule is COc1ccc(Nc2nnc(-c3ccc(C)c(S(=O)(=O)NC[C@H]4CCCO4)c3)c3ccccc23)cc1C(=O)N1CCCCC1. The number of amides is 1. The van der Waals surface area contributed by atoms with Crippen LogP contribution in [0.1, 0.15) is 48.0 Å². The molecule has 2 aliphatic heterocycles. The molecule has 0 bridgehead atoms. The number of sulfonamides is 1. The molecule has 0 aliphatic carbocycles. The highest BCUT2D eigenvalue weighted by Gasteiger charge is 2.24. The normalized spacial score (nSPS) is 17.1. The lowest BCUT2D eigenvalue weighted by atomic mass is 10.0. The second-order valence-electron chi connectivity index (χ2n) is 11.3. The van der Waals surface area contributed by atoms with Crippen LogP contribution in [0.2, 0.25) is 0 Å². The van der Waals surface area contributed by atoms with Crippen molar-refractivity contribution in [2.24, 2.45) is 0 Å². The van der Waals surface area contributed by atoms with Gasteiger partial charge in [0.2, 0.25) is 10.0 Å². The Morgan fingerprint density at radius 3 is 2.55 bits per heavy atom. The van der Waals surface area contributed by atoms with Crippen molar-refractivity contribution in [3.8, 4) is 17.0 Å². The van der Waals surface area contributed by atoms with Gasteiger partial charge in [-0.05, 0) is 68.9 Å². The van der Waals surface area contributed by atoms with Crippen molar-refractivity contribution in [1.29, 1.82) is 0 Å². The van der Waals surface area contributed by atoms with E-state index in [1.165, 1.54) is 0 Å². The molecule has 2 saturated heterocycles. The molecule has 3 heterocycles. The van der Waals surface area contributed by atoms with Gasteiger partial charge in [0.25, 0.3) is 5.91 Å². The second-order valence-corrected chi connectivity index (χ2v) is 13.0. The van der Waals surface area contributed by atoms with Crippen molar-refractivity contribution in [3.05, 3.63) is 71.8 Å². The number of aromatic nitrogens is 2. The highest BCUT2D eigenvalue weighted by Crippen LogP contribution is 2.34. The third kappa shape index (κ3) is 6.26. The van der Waals surface area contributed by atoms with Gasteiger partial charge in [-0.2, -0.15) is 0 Å². The molecule has 0 saturated carbocycles. The molecule has 0 radical (unpaired) electrons. The lowest BCUT2D eigenvalue weighted by Gasteiger charge is -2.27. The van der Waals surface area contributed by atoms with Crippen molar-refractivity contribution >= 4 is 38.2 Å². The topological polar surface area (TPSA) is 123 Å². The molecule has 1 aromatic heterocycles. The van der Waals surface area contributed by atoms with E-state index in [0.29, 0.717) is 46.2 Å². The summed E-state index contributed by atoms with van der Waals surface area (Å²) in [7, 11) is -2.20. The van der Waals surface area contributed by atoms with Gasteiger partial charge in [-0.15, -0.1) is 10.2 Å². The summed E-state index contributed by atoms with van der Waals surface area (Å²) in [5.74, 6) is 0.990. The molecule has 2 fully saturated rings. The molecule has 2 aliphatic rings. The molecule has 44 heavy (non-hydrogen) atoms. The molecule has 230 valence electrons. The van der Waals surface area contributed by atoms with Crippen LogP contribution in [0, 0.1) is 6.92 Å². The van der Waals surface area contributed by atoms with Crippen LogP contribution >= 0.6 is 0 Å². The summed E-state index contributed by atoms with van der Waals surface area (Å²) in [6.07, 6.45) is 4.81. The molecule has 0 spiro atoms. The zero-order valence-corrected chi connectivity index (χ0v) is 25.8. The number of rotatable bonds is 9. The first-order valence-electron chi connectivity index (χ1n) is 15.1. The monoisotopic (exact) mass is 615 g/mol. The summed E-state index contributed by atoms with van der Waals surface area (Å²) in [6.45, 7) is 4.16. The van der Waals surface area contributed by atoms with Crippen LogP contribution in [0.3, 0.4) is 0 Å². The predicted octanol–water partition coefficient (Wildman–Crippen LogP) is 5.44. The Morgan fingerprint density at radius 1 is 1.00 bits per heavy atom. The Morgan fingerprint density at radius 2 is 1.80 bits per heavy atom. The summed E-state index contributed by atoms with van der Waals surface area (Å²) in [5, 5.41) is 14.0. The number of methoxy groups -OCH3 is 1. The van der Waals surface area contributed by atoms with Crippen LogP contribution in [-0.2, 0) is 14.8 Å². The average molecular weight is 616 g/mol. The molecule has 11 heteroatoms. The maximum absolute atomic E-state index is 13.4. The number of hydrogen-bond donors (Lipinski definition) is 2. The number of likely N-dealkylation sites (tertiary alicyclic amines) is 1. The van der Waals surface area contributed by atoms with E-state index >= 15 is 0 Å². The Kier molecular flexibility index (Phi) is 8.79. The Bertz CT molecular complexity index is 1780. The van der Waals surface area contributed by atoms with E-state index in [9.17, 15) is 13.2 Å². The number of nitrogens with one attached hydrogen (secondary N) is 2. The second kappa shape index (κ2) is 12.9. The molecule has 3 aromatic carbocycles. The van der Waals surface area contributed by atoms with Gasteiger partial charge in [0.05, 0.1) is 23.7 Å². The van der Waals surface area contributed by atoms with Crippen molar-refractivity contribution in [3.63, 3.8) is 0 Å². The van der Waals surface area contributed by atoms with Gasteiger partial charge in [0.15, 0.2) is 5.82 Å². The summed E-state index contributed by atoms with van der Waals surface area (Å²) in [6, 6.07) is 18.4. The van der Waals surface area contributed by atoms with E-state index in [0.717, 1.165) is 56.0 Å². The number of nitrogens with zero attached hydrogens (tertiary/aromatic N) is 3. The Labute approximate surface area is 257 Å². The molecule has 0 unspecified atom stereocenters. The summed E-state index contributed by atoms with van der Waals surface area (Å²) < 4.78 is 40.4. The smallest absolute Gasteiger partial charge is 0.257 e. The standard InChI is InChI=1S/C33H37N5O5S/c1-22-12-13-23(19-30(22)44(40,41)34-21-25-9-8-18-43-25)31-26-10-4-5-11-27(26)32(37-36-31)35-24-14-15-29(42-2)28(20-24)33(39)38-16-6-3-7-17-38/h4-5,10-15,19-20,25,34H,3,6-9,16-18,21H2,1-2H3,(H,35,37)/t25-/m1/s1. The van der Waals surface area contributed by atoms with E-state index in [4.69, 9.17) is 9.47 Å². The molecule has 10 nitrogen and oxygen atoms in total. The molecular weight excluding hydrogens is 578 g/mol. The molecule has 1 amide bonds. The highest BCUT2D eigenvalue weighted by molar-refractivity contribution is 7.89. The summed E-state index contributed by atoms with van der Waals surface area (Å²) >= 11 is 0. The number of fused-ring (bicyclic) bond motifs is 1. The number of carbonyl (C=O) groups excluding carboxylic acids is 1. The quantitative estimate of drug-likeness (QED) is 0.255. The first-order valence-corrected chi connectivity index (χ1v) is 16.5. The third-order valence-corrected chi connectivity index (χ3v) is 9.86. The van der Waals surface area contributed by atoms with Crippen molar-refractivity contribution < 1.29 is 22.7 Å². The minimum atomic E-state index is -3.77. The van der Waals surface area contributed by atoms with Crippen LogP contribution in [0.5, 0.6) is 5.75 Å². The molecular formula is C33H37N5O5S. The van der Waals surface area contributed by atoms with Crippen LogP contribution < -0.4 is 14.8 Å². The average Bonchev–Trinajstić information content (AvgIpc) is 3.58. The lowest BCUT2D eigenvalue weighted by Crippen LogP contribution is -2.35. The fraction of sp³-hybridized carbons (Fsp3) is 0.364. The van der Waals surface area contributed by atoms with Crippen LogP contribution in [0.4, 0.5) is 11.5 Å². The number of hydrogen-bond acceptors (Lipinski definition) is 8. The first-order chi connectivity index (χ1) is 21.3. The van der Waals surface area contributed by atoms with Crippen LogP contribution in [0.15, 0.2) is 65.6 Å². The fourth-order valence-corrected chi connectivity index (χ4v) is 7.22.